The third kappa shape index (κ3) is 2.90. The van der Waals surface area contributed by atoms with Crippen LogP contribution in [0.5, 0.6) is 0 Å². The summed E-state index contributed by atoms with van der Waals surface area (Å²) in [5.41, 5.74) is -0.189. The second-order valence-corrected chi connectivity index (χ2v) is 4.12. The number of aromatic nitrogens is 2. The van der Waals surface area contributed by atoms with E-state index >= 15 is 0 Å². The van der Waals surface area contributed by atoms with Gasteiger partial charge in [0.25, 0.3) is 0 Å². The molecule has 0 aliphatic heterocycles. The lowest BCUT2D eigenvalue weighted by Crippen LogP contribution is -2.13. The van der Waals surface area contributed by atoms with Gasteiger partial charge in [-0.2, -0.15) is 13.2 Å². The van der Waals surface area contributed by atoms with Crippen molar-refractivity contribution >= 4 is 0 Å². The van der Waals surface area contributed by atoms with E-state index in [1.54, 1.807) is 13.0 Å². The van der Waals surface area contributed by atoms with Crippen molar-refractivity contribution < 1.29 is 18.3 Å². The molecule has 0 bridgehead atoms. The molecule has 0 saturated carbocycles. The SMILES string of the molecule is Cc1ccc(C(O)c2cnccc2C(F)(F)F)nc1. The summed E-state index contributed by atoms with van der Waals surface area (Å²) in [5.74, 6) is 0. The van der Waals surface area contributed by atoms with Crippen molar-refractivity contribution in [3.05, 3.63) is 59.2 Å². The number of alkyl halides is 3. The number of hydrogen-bond acceptors (Lipinski definition) is 3. The van der Waals surface area contributed by atoms with E-state index in [1.807, 2.05) is 0 Å². The van der Waals surface area contributed by atoms with Gasteiger partial charge in [0.2, 0.25) is 0 Å². The fourth-order valence-electron chi connectivity index (χ4n) is 1.68. The van der Waals surface area contributed by atoms with Gasteiger partial charge >= 0.3 is 6.18 Å². The molecule has 0 aliphatic rings. The zero-order valence-electron chi connectivity index (χ0n) is 10.0. The van der Waals surface area contributed by atoms with Crippen molar-refractivity contribution in [1.29, 1.82) is 0 Å². The summed E-state index contributed by atoms with van der Waals surface area (Å²) in [7, 11) is 0. The first-order valence-electron chi connectivity index (χ1n) is 5.51. The van der Waals surface area contributed by atoms with Gasteiger partial charge < -0.3 is 5.11 Å². The van der Waals surface area contributed by atoms with Crippen LogP contribution in [0.2, 0.25) is 0 Å². The normalized spacial score (nSPS) is 13.3. The van der Waals surface area contributed by atoms with Crippen LogP contribution in [0.25, 0.3) is 0 Å². The largest absolute Gasteiger partial charge is 0.416 e. The molecule has 0 radical (unpaired) electrons. The van der Waals surface area contributed by atoms with Gasteiger partial charge in [-0.15, -0.1) is 0 Å². The maximum absolute atomic E-state index is 12.8. The lowest BCUT2D eigenvalue weighted by molar-refractivity contribution is -0.139. The first-order chi connectivity index (χ1) is 8.89. The Labute approximate surface area is 107 Å². The van der Waals surface area contributed by atoms with Gasteiger partial charge in [-0.3, -0.25) is 9.97 Å². The predicted octanol–water partition coefficient (Wildman–Crippen LogP) is 2.89. The number of hydrogen-bond donors (Lipinski definition) is 1. The molecule has 2 rings (SSSR count). The Kier molecular flexibility index (Phi) is 3.53. The minimum absolute atomic E-state index is 0.157. The third-order valence-electron chi connectivity index (χ3n) is 2.67. The number of rotatable bonds is 2. The Hall–Kier alpha value is -1.95. The Morgan fingerprint density at radius 3 is 2.47 bits per heavy atom. The van der Waals surface area contributed by atoms with E-state index in [4.69, 9.17) is 0 Å². The highest BCUT2D eigenvalue weighted by Gasteiger charge is 2.35. The summed E-state index contributed by atoms with van der Waals surface area (Å²) < 4.78 is 38.5. The second-order valence-electron chi connectivity index (χ2n) is 4.12. The van der Waals surface area contributed by atoms with Gasteiger partial charge in [-0.25, -0.2) is 0 Å². The molecule has 1 atom stereocenters. The van der Waals surface area contributed by atoms with Crippen molar-refractivity contribution in [2.45, 2.75) is 19.2 Å². The van der Waals surface area contributed by atoms with E-state index in [1.165, 1.54) is 12.3 Å². The number of aliphatic hydroxyl groups is 1. The molecule has 1 unspecified atom stereocenters. The number of aliphatic hydroxyl groups excluding tert-OH is 1. The van der Waals surface area contributed by atoms with E-state index in [0.29, 0.717) is 0 Å². The van der Waals surface area contributed by atoms with Gasteiger partial charge in [0.1, 0.15) is 6.10 Å². The molecular formula is C13H11F3N2O. The number of aryl methyl sites for hydroxylation is 1. The summed E-state index contributed by atoms with van der Waals surface area (Å²) in [5, 5.41) is 10.0. The minimum atomic E-state index is -4.54. The number of pyridine rings is 2. The zero-order valence-corrected chi connectivity index (χ0v) is 10.0. The van der Waals surface area contributed by atoms with Crippen molar-refractivity contribution in [3.8, 4) is 0 Å². The minimum Gasteiger partial charge on any atom is -0.382 e. The van der Waals surface area contributed by atoms with Crippen LogP contribution in [0.15, 0.2) is 36.8 Å². The summed E-state index contributed by atoms with van der Waals surface area (Å²) in [4.78, 5) is 7.57. The number of halogens is 3. The van der Waals surface area contributed by atoms with Crippen LogP contribution in [-0.4, -0.2) is 15.1 Å². The quantitative estimate of drug-likeness (QED) is 0.911. The monoisotopic (exact) mass is 268 g/mol. The van der Waals surface area contributed by atoms with Gasteiger partial charge in [0.15, 0.2) is 0 Å². The maximum Gasteiger partial charge on any atom is 0.416 e. The van der Waals surface area contributed by atoms with E-state index in [9.17, 15) is 18.3 Å². The molecule has 19 heavy (non-hydrogen) atoms. The van der Waals surface area contributed by atoms with Crippen LogP contribution in [0, 0.1) is 6.92 Å². The predicted molar refractivity (Wildman–Crippen MR) is 62.3 cm³/mol. The van der Waals surface area contributed by atoms with Gasteiger partial charge in [-0.1, -0.05) is 6.07 Å². The molecule has 0 amide bonds. The van der Waals surface area contributed by atoms with E-state index < -0.39 is 17.8 Å². The molecule has 0 saturated heterocycles. The van der Waals surface area contributed by atoms with Crippen LogP contribution in [0.3, 0.4) is 0 Å². The molecule has 0 fully saturated rings. The molecule has 3 nitrogen and oxygen atoms in total. The fourth-order valence-corrected chi connectivity index (χ4v) is 1.68. The molecule has 0 spiro atoms. The van der Waals surface area contributed by atoms with E-state index in [2.05, 4.69) is 9.97 Å². The molecule has 2 aromatic heterocycles. The standard InChI is InChI=1S/C13H11F3N2O/c1-8-2-3-11(18-6-8)12(19)9-7-17-5-4-10(9)13(14,15)16/h2-7,12,19H,1H3. The Bertz CT molecular complexity index is 567. The van der Waals surface area contributed by atoms with Crippen molar-refractivity contribution in [3.63, 3.8) is 0 Å². The summed E-state index contributed by atoms with van der Waals surface area (Å²) in [6, 6.07) is 4.01. The molecule has 100 valence electrons. The Morgan fingerprint density at radius 1 is 1.16 bits per heavy atom. The second kappa shape index (κ2) is 4.97. The first kappa shape index (κ1) is 13.5. The van der Waals surface area contributed by atoms with Crippen molar-refractivity contribution in [2.24, 2.45) is 0 Å². The van der Waals surface area contributed by atoms with Crippen LogP contribution >= 0.6 is 0 Å². The molecule has 2 heterocycles. The van der Waals surface area contributed by atoms with Crippen molar-refractivity contribution in [2.75, 3.05) is 0 Å². The Morgan fingerprint density at radius 2 is 1.89 bits per heavy atom. The highest BCUT2D eigenvalue weighted by molar-refractivity contribution is 5.33. The van der Waals surface area contributed by atoms with Crippen LogP contribution in [0.1, 0.15) is 28.5 Å². The first-order valence-corrected chi connectivity index (χ1v) is 5.51. The van der Waals surface area contributed by atoms with E-state index in [-0.39, 0.29) is 11.3 Å². The average molecular weight is 268 g/mol. The van der Waals surface area contributed by atoms with Crippen LogP contribution in [0.4, 0.5) is 13.2 Å². The van der Waals surface area contributed by atoms with Gasteiger partial charge in [0.05, 0.1) is 11.3 Å². The fraction of sp³-hybridized carbons (Fsp3) is 0.231. The Balaban J connectivity index is 2.44. The smallest absolute Gasteiger partial charge is 0.382 e. The lowest BCUT2D eigenvalue weighted by atomic mass is 10.0. The molecule has 1 N–H and O–H groups in total. The topological polar surface area (TPSA) is 46.0 Å². The zero-order chi connectivity index (χ0) is 14.0. The van der Waals surface area contributed by atoms with E-state index in [0.717, 1.165) is 24.0 Å². The molecule has 0 aliphatic carbocycles. The molecule has 6 heteroatoms. The number of nitrogens with zero attached hydrogens (tertiary/aromatic N) is 2. The summed E-state index contributed by atoms with van der Waals surface area (Å²) >= 11 is 0. The lowest BCUT2D eigenvalue weighted by Gasteiger charge is -2.16. The average Bonchev–Trinajstić information content (AvgIpc) is 2.38. The van der Waals surface area contributed by atoms with Crippen LogP contribution in [-0.2, 0) is 6.18 Å². The highest BCUT2D eigenvalue weighted by Crippen LogP contribution is 2.35. The van der Waals surface area contributed by atoms with Crippen molar-refractivity contribution in [1.82, 2.24) is 9.97 Å². The molecule has 0 aromatic carbocycles. The maximum atomic E-state index is 12.8. The third-order valence-corrected chi connectivity index (χ3v) is 2.67. The molecular weight excluding hydrogens is 257 g/mol. The summed E-state index contributed by atoms with van der Waals surface area (Å²) in [6.07, 6.45) is -2.45. The highest BCUT2D eigenvalue weighted by atomic mass is 19.4. The summed E-state index contributed by atoms with van der Waals surface area (Å²) in [6.45, 7) is 1.80. The molecule has 2 aromatic rings. The van der Waals surface area contributed by atoms with Crippen LogP contribution < -0.4 is 0 Å². The van der Waals surface area contributed by atoms with Gasteiger partial charge in [0, 0.05) is 24.2 Å². The van der Waals surface area contributed by atoms with Gasteiger partial charge in [-0.05, 0) is 24.6 Å².